The third kappa shape index (κ3) is 8.21. The quantitative estimate of drug-likeness (QED) is 0.151. The first-order chi connectivity index (χ1) is 17.9. The number of methoxy groups -OCH3 is 1. The molecular weight excluding hydrogens is 462 g/mol. The Bertz CT molecular complexity index is 1150. The van der Waals surface area contributed by atoms with Crippen molar-refractivity contribution in [2.75, 3.05) is 25.2 Å². The summed E-state index contributed by atoms with van der Waals surface area (Å²) in [4.78, 5) is 27.1. The standard InChI is InChI=1S/C32H39NO4/c1-5-6-12-19-37-30-17-16-27(28-21-24(2)20-25(3)22-28)23-29(30)33(31(34)32(35)36-4)18-11-10-15-26-13-8-7-9-14-26/h7-9,13-14,16-17,20-23H,5-6,10-12,15,18-19H2,1-4H3. The number of anilines is 1. The average molecular weight is 502 g/mol. The van der Waals surface area contributed by atoms with Crippen molar-refractivity contribution in [2.45, 2.75) is 59.3 Å². The van der Waals surface area contributed by atoms with Crippen LogP contribution in [0.5, 0.6) is 5.75 Å². The van der Waals surface area contributed by atoms with Gasteiger partial charge in [-0.1, -0.05) is 85.5 Å². The summed E-state index contributed by atoms with van der Waals surface area (Å²) in [5.41, 5.74) is 6.22. The number of amides is 1. The van der Waals surface area contributed by atoms with E-state index in [0.29, 0.717) is 24.6 Å². The summed E-state index contributed by atoms with van der Waals surface area (Å²) in [6.07, 6.45) is 5.62. The van der Waals surface area contributed by atoms with Gasteiger partial charge in [-0.25, -0.2) is 4.79 Å². The van der Waals surface area contributed by atoms with Crippen LogP contribution in [0.1, 0.15) is 55.7 Å². The molecule has 0 aliphatic rings. The third-order valence-electron chi connectivity index (χ3n) is 6.36. The van der Waals surface area contributed by atoms with Crippen molar-refractivity contribution in [1.29, 1.82) is 0 Å². The minimum absolute atomic E-state index is 0.391. The summed E-state index contributed by atoms with van der Waals surface area (Å²) in [6.45, 7) is 7.24. The second kappa shape index (κ2) is 14.2. The van der Waals surface area contributed by atoms with Crippen molar-refractivity contribution in [1.82, 2.24) is 0 Å². The highest BCUT2D eigenvalue weighted by Gasteiger charge is 2.27. The van der Waals surface area contributed by atoms with Crippen molar-refractivity contribution in [3.63, 3.8) is 0 Å². The third-order valence-corrected chi connectivity index (χ3v) is 6.36. The first kappa shape index (κ1) is 28.0. The van der Waals surface area contributed by atoms with E-state index in [2.05, 4.69) is 51.1 Å². The van der Waals surface area contributed by atoms with E-state index in [0.717, 1.165) is 49.7 Å². The summed E-state index contributed by atoms with van der Waals surface area (Å²) >= 11 is 0. The lowest BCUT2D eigenvalue weighted by Gasteiger charge is -2.25. The van der Waals surface area contributed by atoms with E-state index in [4.69, 9.17) is 9.47 Å². The molecule has 3 aromatic carbocycles. The van der Waals surface area contributed by atoms with E-state index in [1.165, 1.54) is 28.7 Å². The number of hydrogen-bond donors (Lipinski definition) is 0. The van der Waals surface area contributed by atoms with Crippen LogP contribution in [0.25, 0.3) is 11.1 Å². The van der Waals surface area contributed by atoms with Crippen LogP contribution >= 0.6 is 0 Å². The van der Waals surface area contributed by atoms with Crippen LogP contribution in [0.15, 0.2) is 66.7 Å². The van der Waals surface area contributed by atoms with Gasteiger partial charge < -0.3 is 9.47 Å². The second-order valence-electron chi connectivity index (χ2n) is 9.51. The molecule has 0 unspecified atom stereocenters. The fraction of sp³-hybridized carbons (Fsp3) is 0.375. The van der Waals surface area contributed by atoms with Gasteiger partial charge in [0.15, 0.2) is 0 Å². The number of carbonyl (C=O) groups excluding carboxylic acids is 2. The lowest BCUT2D eigenvalue weighted by molar-refractivity contribution is -0.151. The van der Waals surface area contributed by atoms with E-state index in [-0.39, 0.29) is 0 Å². The molecule has 37 heavy (non-hydrogen) atoms. The van der Waals surface area contributed by atoms with Gasteiger partial charge in [-0.15, -0.1) is 0 Å². The van der Waals surface area contributed by atoms with Crippen LogP contribution in [-0.2, 0) is 20.7 Å². The summed E-state index contributed by atoms with van der Waals surface area (Å²) in [7, 11) is 1.24. The largest absolute Gasteiger partial charge is 0.491 e. The van der Waals surface area contributed by atoms with E-state index >= 15 is 0 Å². The van der Waals surface area contributed by atoms with Gasteiger partial charge in [0.2, 0.25) is 0 Å². The number of rotatable bonds is 12. The maximum Gasteiger partial charge on any atom is 0.397 e. The molecule has 0 heterocycles. The van der Waals surface area contributed by atoms with Crippen molar-refractivity contribution >= 4 is 17.6 Å². The Morgan fingerprint density at radius 3 is 2.22 bits per heavy atom. The van der Waals surface area contributed by atoms with Crippen molar-refractivity contribution in [3.05, 3.63) is 83.4 Å². The number of unbranched alkanes of at least 4 members (excludes halogenated alkanes) is 3. The fourth-order valence-corrected chi connectivity index (χ4v) is 4.48. The summed E-state index contributed by atoms with van der Waals surface area (Å²) in [6, 6.07) is 22.5. The Labute approximate surface area is 221 Å². The Kier molecular flexibility index (Phi) is 10.8. The van der Waals surface area contributed by atoms with E-state index in [9.17, 15) is 9.59 Å². The van der Waals surface area contributed by atoms with Crippen molar-refractivity contribution < 1.29 is 19.1 Å². The molecule has 5 nitrogen and oxygen atoms in total. The summed E-state index contributed by atoms with van der Waals surface area (Å²) in [5.74, 6) is -0.959. The van der Waals surface area contributed by atoms with Gasteiger partial charge in [-0.3, -0.25) is 9.69 Å². The SMILES string of the molecule is CCCCCOc1ccc(-c2cc(C)cc(C)c2)cc1N(CCCCc1ccccc1)C(=O)C(=O)OC. The fourth-order valence-electron chi connectivity index (χ4n) is 4.48. The second-order valence-corrected chi connectivity index (χ2v) is 9.51. The molecular formula is C32H39NO4. The molecule has 0 N–H and O–H groups in total. The van der Waals surface area contributed by atoms with Gasteiger partial charge in [-0.2, -0.15) is 0 Å². The van der Waals surface area contributed by atoms with E-state index < -0.39 is 11.9 Å². The van der Waals surface area contributed by atoms with Gasteiger partial charge in [0.25, 0.3) is 0 Å². The first-order valence-electron chi connectivity index (χ1n) is 13.2. The van der Waals surface area contributed by atoms with Gasteiger partial charge in [0.05, 0.1) is 19.4 Å². The Balaban J connectivity index is 1.93. The number of benzene rings is 3. The van der Waals surface area contributed by atoms with Crippen LogP contribution in [0.4, 0.5) is 5.69 Å². The molecule has 3 aromatic rings. The first-order valence-corrected chi connectivity index (χ1v) is 13.2. The molecule has 1 amide bonds. The van der Waals surface area contributed by atoms with E-state index in [1.807, 2.05) is 36.4 Å². The minimum atomic E-state index is -0.878. The Morgan fingerprint density at radius 1 is 0.811 bits per heavy atom. The predicted molar refractivity (Wildman–Crippen MR) is 150 cm³/mol. The molecule has 0 atom stereocenters. The smallest absolute Gasteiger partial charge is 0.397 e. The monoisotopic (exact) mass is 501 g/mol. The zero-order valence-corrected chi connectivity index (χ0v) is 22.6. The molecule has 196 valence electrons. The molecule has 0 saturated carbocycles. The van der Waals surface area contributed by atoms with Gasteiger partial charge in [-0.05, 0) is 68.4 Å². The molecule has 0 aliphatic carbocycles. The zero-order valence-electron chi connectivity index (χ0n) is 22.6. The van der Waals surface area contributed by atoms with Gasteiger partial charge in [0.1, 0.15) is 5.75 Å². The maximum absolute atomic E-state index is 13.2. The molecule has 0 spiro atoms. The minimum Gasteiger partial charge on any atom is -0.491 e. The summed E-state index contributed by atoms with van der Waals surface area (Å²) < 4.78 is 11.0. The highest BCUT2D eigenvalue weighted by atomic mass is 16.5. The molecule has 3 rings (SSSR count). The van der Waals surface area contributed by atoms with Crippen LogP contribution in [0.3, 0.4) is 0 Å². The lowest BCUT2D eigenvalue weighted by Crippen LogP contribution is -2.38. The van der Waals surface area contributed by atoms with Gasteiger partial charge >= 0.3 is 11.9 Å². The van der Waals surface area contributed by atoms with Crippen molar-refractivity contribution in [3.8, 4) is 16.9 Å². The van der Waals surface area contributed by atoms with Crippen LogP contribution in [0.2, 0.25) is 0 Å². The highest BCUT2D eigenvalue weighted by molar-refractivity contribution is 6.38. The number of esters is 1. The molecule has 0 fully saturated rings. The number of aryl methyl sites for hydroxylation is 3. The highest BCUT2D eigenvalue weighted by Crippen LogP contribution is 2.35. The van der Waals surface area contributed by atoms with Crippen LogP contribution < -0.4 is 9.64 Å². The number of ether oxygens (including phenoxy) is 2. The van der Waals surface area contributed by atoms with Gasteiger partial charge in [0, 0.05) is 6.54 Å². The van der Waals surface area contributed by atoms with Crippen LogP contribution in [0, 0.1) is 13.8 Å². The maximum atomic E-state index is 13.2. The lowest BCUT2D eigenvalue weighted by atomic mass is 9.99. The summed E-state index contributed by atoms with van der Waals surface area (Å²) in [5, 5.41) is 0. The van der Waals surface area contributed by atoms with Crippen molar-refractivity contribution in [2.24, 2.45) is 0 Å². The number of carbonyl (C=O) groups is 2. The van der Waals surface area contributed by atoms with Crippen LogP contribution in [-0.4, -0.2) is 32.1 Å². The topological polar surface area (TPSA) is 55.8 Å². The zero-order chi connectivity index (χ0) is 26.6. The average Bonchev–Trinajstić information content (AvgIpc) is 2.90. The Hall–Kier alpha value is -3.60. The molecule has 0 aromatic heterocycles. The molecule has 0 radical (unpaired) electrons. The molecule has 0 bridgehead atoms. The number of nitrogens with zero attached hydrogens (tertiary/aromatic N) is 1. The Morgan fingerprint density at radius 2 is 1.54 bits per heavy atom. The normalized spacial score (nSPS) is 10.7. The molecule has 0 saturated heterocycles. The molecule has 5 heteroatoms. The van der Waals surface area contributed by atoms with E-state index in [1.54, 1.807) is 0 Å². The predicted octanol–water partition coefficient (Wildman–Crippen LogP) is 7.07. The number of hydrogen-bond acceptors (Lipinski definition) is 4. The molecule has 0 aliphatic heterocycles.